The number of benzene rings is 2. The van der Waals surface area contributed by atoms with Crippen LogP contribution in [-0.2, 0) is 0 Å². The van der Waals surface area contributed by atoms with Gasteiger partial charge in [0.05, 0.1) is 12.5 Å². The van der Waals surface area contributed by atoms with E-state index >= 15 is 0 Å². The Morgan fingerprint density at radius 3 is 2.33 bits per heavy atom. The lowest BCUT2D eigenvalue weighted by atomic mass is 10.0. The zero-order valence-corrected chi connectivity index (χ0v) is 11.4. The molecule has 21 heavy (non-hydrogen) atoms. The monoisotopic (exact) mass is 297 g/mol. The van der Waals surface area contributed by atoms with Gasteiger partial charge in [0, 0.05) is 5.69 Å². The lowest BCUT2D eigenvalue weighted by Gasteiger charge is -2.23. The highest BCUT2D eigenvalue weighted by atomic mass is 19.4. The first-order valence-electron chi connectivity index (χ1n) is 6.49. The van der Waals surface area contributed by atoms with Crippen molar-refractivity contribution in [2.75, 3.05) is 5.32 Å². The zero-order chi connectivity index (χ0) is 15.5. The second-order valence-electron chi connectivity index (χ2n) is 4.89. The Kier molecular flexibility index (Phi) is 4.50. The van der Waals surface area contributed by atoms with Gasteiger partial charge in [-0.3, -0.25) is 0 Å². The third-order valence-electron chi connectivity index (χ3n) is 3.17. The second kappa shape index (κ2) is 6.16. The van der Waals surface area contributed by atoms with Crippen molar-refractivity contribution < 1.29 is 17.6 Å². The molecule has 1 atom stereocenters. The van der Waals surface area contributed by atoms with Crippen molar-refractivity contribution in [3.8, 4) is 0 Å². The van der Waals surface area contributed by atoms with E-state index in [1.165, 1.54) is 18.2 Å². The molecule has 2 aromatic rings. The minimum Gasteiger partial charge on any atom is -0.378 e. The maximum absolute atomic E-state index is 13.3. The predicted octanol–water partition coefficient (Wildman–Crippen LogP) is 5.24. The number of rotatable bonds is 4. The van der Waals surface area contributed by atoms with Gasteiger partial charge in [-0.15, -0.1) is 0 Å². The predicted molar refractivity (Wildman–Crippen MR) is 74.6 cm³/mol. The van der Waals surface area contributed by atoms with Crippen molar-refractivity contribution in [2.45, 2.75) is 25.6 Å². The number of anilines is 1. The first-order valence-corrected chi connectivity index (χ1v) is 6.49. The molecule has 112 valence electrons. The molecule has 1 N–H and O–H groups in total. The van der Waals surface area contributed by atoms with E-state index in [0.717, 1.165) is 0 Å². The molecule has 2 aromatic carbocycles. The van der Waals surface area contributed by atoms with Crippen LogP contribution in [0.25, 0.3) is 0 Å². The fraction of sp³-hybridized carbons (Fsp3) is 0.250. The molecule has 0 spiro atoms. The van der Waals surface area contributed by atoms with Gasteiger partial charge in [0.15, 0.2) is 0 Å². The Labute approximate surface area is 120 Å². The molecule has 1 unspecified atom stereocenters. The molecule has 0 aliphatic heterocycles. The van der Waals surface area contributed by atoms with Crippen LogP contribution in [0.2, 0.25) is 0 Å². The fourth-order valence-electron chi connectivity index (χ4n) is 2.11. The quantitative estimate of drug-likeness (QED) is 0.761. The molecule has 2 rings (SSSR count). The summed E-state index contributed by atoms with van der Waals surface area (Å²) in [6.07, 6.45) is -5.33. The molecule has 0 radical (unpaired) electrons. The van der Waals surface area contributed by atoms with Crippen LogP contribution >= 0.6 is 0 Å². The molecule has 1 nitrogen and oxygen atoms in total. The number of alkyl halides is 3. The van der Waals surface area contributed by atoms with Crippen molar-refractivity contribution in [1.82, 2.24) is 0 Å². The van der Waals surface area contributed by atoms with Crippen LogP contribution in [0.3, 0.4) is 0 Å². The Bertz CT molecular complexity index is 593. The molecule has 0 aromatic heterocycles. The SMILES string of the molecule is Cc1ccc(F)cc1NC(CC(F)(F)F)c1ccccc1. The minimum atomic E-state index is -4.31. The van der Waals surface area contributed by atoms with Gasteiger partial charge in [0.1, 0.15) is 5.82 Å². The summed E-state index contributed by atoms with van der Waals surface area (Å²) in [5, 5.41) is 2.80. The zero-order valence-electron chi connectivity index (χ0n) is 11.4. The molecular weight excluding hydrogens is 282 g/mol. The highest BCUT2D eigenvalue weighted by Gasteiger charge is 2.32. The minimum absolute atomic E-state index is 0.369. The van der Waals surface area contributed by atoms with Gasteiger partial charge < -0.3 is 5.32 Å². The van der Waals surface area contributed by atoms with Gasteiger partial charge in [-0.2, -0.15) is 13.2 Å². The van der Waals surface area contributed by atoms with Gasteiger partial charge in [-0.1, -0.05) is 36.4 Å². The normalized spacial score (nSPS) is 13.0. The summed E-state index contributed by atoms with van der Waals surface area (Å²) in [5.41, 5.74) is 1.58. The third kappa shape index (κ3) is 4.48. The fourth-order valence-corrected chi connectivity index (χ4v) is 2.11. The first kappa shape index (κ1) is 15.4. The standard InChI is InChI=1S/C16H15F4N/c1-11-7-8-13(17)9-14(11)21-15(10-16(18,19)20)12-5-3-2-4-6-12/h2-9,15,21H,10H2,1H3. The van der Waals surface area contributed by atoms with Crippen molar-refractivity contribution in [3.63, 3.8) is 0 Å². The maximum Gasteiger partial charge on any atom is 0.391 e. The van der Waals surface area contributed by atoms with Crippen LogP contribution in [0.4, 0.5) is 23.2 Å². The second-order valence-corrected chi connectivity index (χ2v) is 4.89. The molecule has 0 aliphatic carbocycles. The van der Waals surface area contributed by atoms with Crippen LogP contribution in [0, 0.1) is 12.7 Å². The molecule has 0 saturated heterocycles. The summed E-state index contributed by atoms with van der Waals surface area (Å²) >= 11 is 0. The molecule has 5 heteroatoms. The van der Waals surface area contributed by atoms with E-state index in [2.05, 4.69) is 5.32 Å². The highest BCUT2D eigenvalue weighted by Crippen LogP contribution is 2.33. The summed E-state index contributed by atoms with van der Waals surface area (Å²) in [7, 11) is 0. The Hall–Kier alpha value is -2.04. The van der Waals surface area contributed by atoms with E-state index in [1.807, 2.05) is 0 Å². The highest BCUT2D eigenvalue weighted by molar-refractivity contribution is 5.52. The van der Waals surface area contributed by atoms with Gasteiger partial charge >= 0.3 is 6.18 Å². The maximum atomic E-state index is 13.3. The largest absolute Gasteiger partial charge is 0.391 e. The van der Waals surface area contributed by atoms with Crippen molar-refractivity contribution in [3.05, 3.63) is 65.5 Å². The molecule has 0 fully saturated rings. The van der Waals surface area contributed by atoms with Gasteiger partial charge in [0.25, 0.3) is 0 Å². The van der Waals surface area contributed by atoms with Crippen LogP contribution in [0.15, 0.2) is 48.5 Å². The van der Waals surface area contributed by atoms with Crippen molar-refractivity contribution in [1.29, 1.82) is 0 Å². The average Bonchev–Trinajstić information content (AvgIpc) is 2.42. The first-order chi connectivity index (χ1) is 9.85. The Balaban J connectivity index is 2.30. The molecular formula is C16H15F4N. The van der Waals surface area contributed by atoms with Crippen LogP contribution in [0.1, 0.15) is 23.6 Å². The number of aryl methyl sites for hydroxylation is 1. The van der Waals surface area contributed by atoms with Gasteiger partial charge in [-0.25, -0.2) is 4.39 Å². The summed E-state index contributed by atoms with van der Waals surface area (Å²) in [4.78, 5) is 0. The third-order valence-corrected chi connectivity index (χ3v) is 3.17. The topological polar surface area (TPSA) is 12.0 Å². The van der Waals surface area contributed by atoms with Crippen molar-refractivity contribution >= 4 is 5.69 Å². The van der Waals surface area contributed by atoms with Gasteiger partial charge in [0.2, 0.25) is 0 Å². The van der Waals surface area contributed by atoms with E-state index in [4.69, 9.17) is 0 Å². The summed E-state index contributed by atoms with van der Waals surface area (Å²) in [6, 6.07) is 11.4. The van der Waals surface area contributed by atoms with Crippen molar-refractivity contribution in [2.24, 2.45) is 0 Å². The number of hydrogen-bond acceptors (Lipinski definition) is 1. The molecule has 0 saturated carbocycles. The van der Waals surface area contributed by atoms with E-state index in [1.54, 1.807) is 37.3 Å². The molecule has 0 aliphatic rings. The van der Waals surface area contributed by atoms with E-state index < -0.39 is 24.5 Å². The Morgan fingerprint density at radius 2 is 1.71 bits per heavy atom. The van der Waals surface area contributed by atoms with Crippen LogP contribution in [-0.4, -0.2) is 6.18 Å². The number of hydrogen-bond donors (Lipinski definition) is 1. The number of nitrogens with one attached hydrogen (secondary N) is 1. The van der Waals surface area contributed by atoms with E-state index in [0.29, 0.717) is 16.8 Å². The van der Waals surface area contributed by atoms with Gasteiger partial charge in [-0.05, 0) is 30.2 Å². The average molecular weight is 297 g/mol. The summed E-state index contributed by atoms with van der Waals surface area (Å²) in [6.45, 7) is 1.72. The summed E-state index contributed by atoms with van der Waals surface area (Å²) in [5.74, 6) is -0.484. The smallest absolute Gasteiger partial charge is 0.378 e. The molecule has 0 heterocycles. The molecule has 0 bridgehead atoms. The lowest BCUT2D eigenvalue weighted by molar-refractivity contribution is -0.137. The summed E-state index contributed by atoms with van der Waals surface area (Å²) < 4.78 is 51.6. The number of halogens is 4. The lowest BCUT2D eigenvalue weighted by Crippen LogP contribution is -2.20. The van der Waals surface area contributed by atoms with E-state index in [9.17, 15) is 17.6 Å². The Morgan fingerprint density at radius 1 is 1.05 bits per heavy atom. The van der Waals surface area contributed by atoms with Crippen LogP contribution in [0.5, 0.6) is 0 Å². The van der Waals surface area contributed by atoms with Crippen LogP contribution < -0.4 is 5.32 Å². The van der Waals surface area contributed by atoms with E-state index in [-0.39, 0.29) is 0 Å². The molecule has 0 amide bonds.